The van der Waals surface area contributed by atoms with Crippen molar-refractivity contribution in [3.8, 4) is 0 Å². The fraction of sp³-hybridized carbons (Fsp3) is 0.727. The molecule has 0 aliphatic rings. The van der Waals surface area contributed by atoms with Crippen LogP contribution in [0.5, 0.6) is 0 Å². The van der Waals surface area contributed by atoms with E-state index in [4.69, 9.17) is 0 Å². The van der Waals surface area contributed by atoms with Crippen LogP contribution < -0.4 is 0 Å². The van der Waals surface area contributed by atoms with E-state index in [9.17, 15) is 0 Å². The molecule has 0 aliphatic carbocycles. The largest absolute Gasteiger partial charge is 0.0628 e. The second-order valence-electron chi connectivity index (χ2n) is 7.39. The van der Waals surface area contributed by atoms with Crippen molar-refractivity contribution in [1.29, 1.82) is 0 Å². The van der Waals surface area contributed by atoms with E-state index in [0.29, 0.717) is 0 Å². The Kier molecular flexibility index (Phi) is 11.2. The molecule has 0 aliphatic heterocycles. The van der Waals surface area contributed by atoms with E-state index in [0.717, 1.165) is 5.92 Å². The maximum Gasteiger partial charge on any atom is -0.0276 e. The number of benzene rings is 1. The van der Waals surface area contributed by atoms with Crippen LogP contribution in [0.3, 0.4) is 0 Å². The summed E-state index contributed by atoms with van der Waals surface area (Å²) in [6.45, 7) is 6.90. The van der Waals surface area contributed by atoms with Crippen LogP contribution in [0.4, 0.5) is 0 Å². The first-order valence-electron chi connectivity index (χ1n) is 9.74. The number of hydrogen-bond donors (Lipinski definition) is 0. The zero-order chi connectivity index (χ0) is 16.0. The molecule has 0 aromatic heterocycles. The van der Waals surface area contributed by atoms with Crippen LogP contribution in [0, 0.1) is 12.8 Å². The molecule has 0 radical (unpaired) electrons. The third-order valence-electron chi connectivity index (χ3n) is 4.74. The Morgan fingerprint density at radius 3 is 1.73 bits per heavy atom. The SMILES string of the molecule is Cc1ccccc1CCCCCCCCCCCCC(C)C. The fourth-order valence-electron chi connectivity index (χ4n) is 3.17. The van der Waals surface area contributed by atoms with E-state index in [1.165, 1.54) is 82.6 Å². The molecule has 0 saturated carbocycles. The minimum absolute atomic E-state index is 0.889. The molecule has 0 heteroatoms. The van der Waals surface area contributed by atoms with E-state index in [1.807, 2.05) is 0 Å². The number of hydrogen-bond acceptors (Lipinski definition) is 0. The molecule has 0 nitrogen and oxygen atoms in total. The average Bonchev–Trinajstić information content (AvgIpc) is 2.49. The lowest BCUT2D eigenvalue weighted by Crippen LogP contribution is -1.90. The summed E-state index contributed by atoms with van der Waals surface area (Å²) in [6.07, 6.45) is 17.0. The zero-order valence-electron chi connectivity index (χ0n) is 15.4. The molecule has 1 rings (SSSR count). The number of unbranched alkanes of at least 4 members (excludes halogenated alkanes) is 9. The second kappa shape index (κ2) is 12.7. The van der Waals surface area contributed by atoms with Crippen molar-refractivity contribution in [3.05, 3.63) is 35.4 Å². The first-order valence-corrected chi connectivity index (χ1v) is 9.74. The first-order chi connectivity index (χ1) is 10.7. The Hall–Kier alpha value is -0.780. The van der Waals surface area contributed by atoms with E-state index >= 15 is 0 Å². The molecular weight excluding hydrogens is 264 g/mol. The van der Waals surface area contributed by atoms with Crippen LogP contribution in [-0.4, -0.2) is 0 Å². The highest BCUT2D eigenvalue weighted by atomic mass is 14.0. The van der Waals surface area contributed by atoms with Gasteiger partial charge in [0.1, 0.15) is 0 Å². The van der Waals surface area contributed by atoms with E-state index in [2.05, 4.69) is 45.0 Å². The van der Waals surface area contributed by atoms with Crippen molar-refractivity contribution in [2.75, 3.05) is 0 Å². The van der Waals surface area contributed by atoms with Gasteiger partial charge in [0.05, 0.1) is 0 Å². The van der Waals surface area contributed by atoms with E-state index < -0.39 is 0 Å². The van der Waals surface area contributed by atoms with Crippen LogP contribution in [0.25, 0.3) is 0 Å². The monoisotopic (exact) mass is 302 g/mol. The Balaban J connectivity index is 1.83. The summed E-state index contributed by atoms with van der Waals surface area (Å²) >= 11 is 0. The third-order valence-corrected chi connectivity index (χ3v) is 4.74. The highest BCUT2D eigenvalue weighted by Crippen LogP contribution is 2.15. The maximum absolute atomic E-state index is 2.33. The molecule has 1 aromatic carbocycles. The lowest BCUT2D eigenvalue weighted by Gasteiger charge is -2.06. The maximum atomic E-state index is 2.33. The fourth-order valence-corrected chi connectivity index (χ4v) is 3.17. The van der Waals surface area contributed by atoms with Gasteiger partial charge in [-0.15, -0.1) is 0 Å². The third kappa shape index (κ3) is 10.0. The van der Waals surface area contributed by atoms with Crippen molar-refractivity contribution in [3.63, 3.8) is 0 Å². The molecule has 0 saturated heterocycles. The molecule has 0 amide bonds. The summed E-state index contributed by atoms with van der Waals surface area (Å²) in [5.41, 5.74) is 3.00. The molecule has 0 unspecified atom stereocenters. The minimum atomic E-state index is 0.889. The number of aryl methyl sites for hydroxylation is 2. The smallest absolute Gasteiger partial charge is 0.0276 e. The Morgan fingerprint density at radius 2 is 1.18 bits per heavy atom. The average molecular weight is 303 g/mol. The lowest BCUT2D eigenvalue weighted by atomic mass is 10.0. The van der Waals surface area contributed by atoms with Gasteiger partial charge in [-0.3, -0.25) is 0 Å². The highest BCUT2D eigenvalue weighted by Gasteiger charge is 1.98. The molecule has 0 N–H and O–H groups in total. The van der Waals surface area contributed by atoms with Gasteiger partial charge >= 0.3 is 0 Å². The zero-order valence-corrected chi connectivity index (χ0v) is 15.4. The van der Waals surface area contributed by atoms with Gasteiger partial charge in [0, 0.05) is 0 Å². The van der Waals surface area contributed by atoms with Crippen LogP contribution in [-0.2, 0) is 6.42 Å². The summed E-state index contributed by atoms with van der Waals surface area (Å²) in [4.78, 5) is 0. The molecule has 0 atom stereocenters. The van der Waals surface area contributed by atoms with Crippen LogP contribution in [0.1, 0.15) is 95.6 Å². The lowest BCUT2D eigenvalue weighted by molar-refractivity contribution is 0.505. The van der Waals surface area contributed by atoms with E-state index in [-0.39, 0.29) is 0 Å². The normalized spacial score (nSPS) is 11.3. The summed E-state index contributed by atoms with van der Waals surface area (Å²) in [6, 6.07) is 8.83. The Morgan fingerprint density at radius 1 is 0.682 bits per heavy atom. The molecular formula is C22H38. The molecule has 0 spiro atoms. The van der Waals surface area contributed by atoms with Crippen molar-refractivity contribution in [1.82, 2.24) is 0 Å². The Labute approximate surface area is 139 Å². The van der Waals surface area contributed by atoms with Crippen molar-refractivity contribution >= 4 is 0 Å². The molecule has 0 fully saturated rings. The van der Waals surface area contributed by atoms with Crippen molar-refractivity contribution < 1.29 is 0 Å². The summed E-state index contributed by atoms with van der Waals surface area (Å²) in [5.74, 6) is 0.889. The molecule has 0 heterocycles. The predicted octanol–water partition coefficient (Wildman–Crippen LogP) is 7.48. The van der Waals surface area contributed by atoms with Gasteiger partial charge in [-0.25, -0.2) is 0 Å². The summed E-state index contributed by atoms with van der Waals surface area (Å²) < 4.78 is 0. The summed E-state index contributed by atoms with van der Waals surface area (Å²) in [5, 5.41) is 0. The van der Waals surface area contributed by atoms with Crippen molar-refractivity contribution in [2.45, 2.75) is 97.8 Å². The van der Waals surface area contributed by atoms with E-state index in [1.54, 1.807) is 5.56 Å². The Bertz CT molecular complexity index is 364. The first kappa shape index (κ1) is 19.3. The van der Waals surface area contributed by atoms with Gasteiger partial charge in [-0.1, -0.05) is 102 Å². The van der Waals surface area contributed by atoms with Crippen molar-refractivity contribution in [2.24, 2.45) is 5.92 Å². The van der Waals surface area contributed by atoms with Gasteiger partial charge in [-0.2, -0.15) is 0 Å². The van der Waals surface area contributed by atoms with Crippen LogP contribution in [0.15, 0.2) is 24.3 Å². The summed E-state index contributed by atoms with van der Waals surface area (Å²) in [7, 11) is 0. The van der Waals surface area contributed by atoms with Gasteiger partial charge in [0.2, 0.25) is 0 Å². The molecule has 22 heavy (non-hydrogen) atoms. The van der Waals surface area contributed by atoms with Crippen LogP contribution >= 0.6 is 0 Å². The quantitative estimate of drug-likeness (QED) is 0.331. The van der Waals surface area contributed by atoms with Gasteiger partial charge in [-0.05, 0) is 36.8 Å². The van der Waals surface area contributed by atoms with Gasteiger partial charge < -0.3 is 0 Å². The molecule has 126 valence electrons. The minimum Gasteiger partial charge on any atom is -0.0628 e. The molecule has 1 aromatic rings. The highest BCUT2D eigenvalue weighted by molar-refractivity contribution is 5.25. The standard InChI is InChI=1S/C22H38/c1-20(2)16-12-10-8-6-4-5-7-9-11-13-18-22-19-15-14-17-21(22)3/h14-15,17,19-20H,4-13,16,18H2,1-3H3. The van der Waals surface area contributed by atoms with Gasteiger partial charge in [0.15, 0.2) is 0 Å². The molecule has 0 bridgehead atoms. The topological polar surface area (TPSA) is 0 Å². The number of rotatable bonds is 13. The second-order valence-corrected chi connectivity index (χ2v) is 7.39. The predicted molar refractivity (Wildman–Crippen MR) is 101 cm³/mol. The van der Waals surface area contributed by atoms with Gasteiger partial charge in [0.25, 0.3) is 0 Å². The van der Waals surface area contributed by atoms with Crippen LogP contribution in [0.2, 0.25) is 0 Å².